The Kier molecular flexibility index (Phi) is 4.71. The lowest BCUT2D eigenvalue weighted by Gasteiger charge is -2.49. The monoisotopic (exact) mass is 275 g/mol. The summed E-state index contributed by atoms with van der Waals surface area (Å²) in [5, 5.41) is 0. The largest absolute Gasteiger partial charge is 0.373 e. The number of nitrogens with two attached hydrogens (primary N) is 1. The van der Waals surface area contributed by atoms with Gasteiger partial charge >= 0.3 is 0 Å². The van der Waals surface area contributed by atoms with E-state index in [4.69, 9.17) is 5.73 Å². The van der Waals surface area contributed by atoms with E-state index < -0.39 is 0 Å². The van der Waals surface area contributed by atoms with Crippen LogP contribution in [0.5, 0.6) is 0 Å². The van der Waals surface area contributed by atoms with E-state index in [1.807, 2.05) is 0 Å². The SMILES string of the molecule is CC(N)Cc1ccc(N(C)CC2(N(C)C)CCC2)cc1. The van der Waals surface area contributed by atoms with Gasteiger partial charge in [-0.3, -0.25) is 0 Å². The maximum Gasteiger partial charge on any atom is 0.0378 e. The van der Waals surface area contributed by atoms with Crippen LogP contribution in [0.2, 0.25) is 0 Å². The van der Waals surface area contributed by atoms with Gasteiger partial charge in [0.15, 0.2) is 0 Å². The third kappa shape index (κ3) is 3.33. The van der Waals surface area contributed by atoms with Crippen LogP contribution in [-0.4, -0.2) is 44.2 Å². The van der Waals surface area contributed by atoms with E-state index in [9.17, 15) is 0 Å². The molecule has 1 saturated carbocycles. The highest BCUT2D eigenvalue weighted by Crippen LogP contribution is 2.37. The molecular weight excluding hydrogens is 246 g/mol. The molecule has 2 N–H and O–H groups in total. The summed E-state index contributed by atoms with van der Waals surface area (Å²) in [6, 6.07) is 9.08. The molecule has 1 fully saturated rings. The van der Waals surface area contributed by atoms with Crippen molar-refractivity contribution in [2.75, 3.05) is 32.6 Å². The molecule has 1 atom stereocenters. The van der Waals surface area contributed by atoms with Crippen molar-refractivity contribution >= 4 is 5.69 Å². The van der Waals surface area contributed by atoms with Crippen LogP contribution in [0.15, 0.2) is 24.3 Å². The molecule has 0 bridgehead atoms. The molecule has 1 unspecified atom stereocenters. The number of benzene rings is 1. The molecule has 0 aromatic heterocycles. The first-order valence-corrected chi connectivity index (χ1v) is 7.66. The smallest absolute Gasteiger partial charge is 0.0378 e. The Balaban J connectivity index is 2.00. The van der Waals surface area contributed by atoms with Crippen molar-refractivity contribution in [2.24, 2.45) is 5.73 Å². The Morgan fingerprint density at radius 2 is 1.75 bits per heavy atom. The van der Waals surface area contributed by atoms with Gasteiger partial charge < -0.3 is 15.5 Å². The Labute approximate surface area is 123 Å². The summed E-state index contributed by atoms with van der Waals surface area (Å²) in [5.41, 5.74) is 8.84. The number of nitrogens with zero attached hydrogens (tertiary/aromatic N) is 2. The summed E-state index contributed by atoms with van der Waals surface area (Å²) in [4.78, 5) is 4.78. The second-order valence-corrected chi connectivity index (χ2v) is 6.68. The van der Waals surface area contributed by atoms with E-state index in [0.717, 1.165) is 13.0 Å². The number of rotatable bonds is 6. The summed E-state index contributed by atoms with van der Waals surface area (Å²) in [7, 11) is 6.61. The molecule has 0 radical (unpaired) electrons. The van der Waals surface area contributed by atoms with Crippen LogP contribution in [0.1, 0.15) is 31.7 Å². The molecule has 0 amide bonds. The zero-order valence-electron chi connectivity index (χ0n) is 13.4. The molecule has 1 aromatic rings. The quantitative estimate of drug-likeness (QED) is 0.866. The van der Waals surface area contributed by atoms with Gasteiger partial charge in [-0.1, -0.05) is 12.1 Å². The molecule has 0 aliphatic heterocycles. The van der Waals surface area contributed by atoms with Crippen LogP contribution in [0, 0.1) is 0 Å². The maximum absolute atomic E-state index is 5.85. The van der Waals surface area contributed by atoms with Crippen molar-refractivity contribution in [3.05, 3.63) is 29.8 Å². The number of likely N-dealkylation sites (N-methyl/N-ethyl adjacent to an activating group) is 2. The van der Waals surface area contributed by atoms with E-state index >= 15 is 0 Å². The zero-order valence-corrected chi connectivity index (χ0v) is 13.4. The lowest BCUT2D eigenvalue weighted by atomic mass is 9.75. The topological polar surface area (TPSA) is 32.5 Å². The van der Waals surface area contributed by atoms with E-state index in [-0.39, 0.29) is 6.04 Å². The molecule has 3 heteroatoms. The molecule has 2 rings (SSSR count). The third-order valence-electron chi connectivity index (χ3n) is 4.70. The molecule has 0 spiro atoms. The molecular formula is C17H29N3. The summed E-state index contributed by atoms with van der Waals surface area (Å²) in [6.45, 7) is 3.16. The van der Waals surface area contributed by atoms with Gasteiger partial charge in [0.25, 0.3) is 0 Å². The Morgan fingerprint density at radius 3 is 2.15 bits per heavy atom. The maximum atomic E-state index is 5.85. The molecule has 112 valence electrons. The third-order valence-corrected chi connectivity index (χ3v) is 4.70. The summed E-state index contributed by atoms with van der Waals surface area (Å²) in [6.07, 6.45) is 4.94. The van der Waals surface area contributed by atoms with Crippen LogP contribution in [0.3, 0.4) is 0 Å². The van der Waals surface area contributed by atoms with Gasteiger partial charge in [-0.05, 0) is 64.4 Å². The van der Waals surface area contributed by atoms with Gasteiger partial charge in [-0.25, -0.2) is 0 Å². The standard InChI is InChI=1S/C17H29N3/c1-14(18)12-15-6-8-16(9-7-15)20(4)13-17(19(2)3)10-5-11-17/h6-9,14H,5,10-13,18H2,1-4H3. The first-order chi connectivity index (χ1) is 9.43. The van der Waals surface area contributed by atoms with Gasteiger partial charge in [0.05, 0.1) is 0 Å². The van der Waals surface area contributed by atoms with Crippen molar-refractivity contribution in [3.8, 4) is 0 Å². The van der Waals surface area contributed by atoms with Gasteiger partial charge in [-0.2, -0.15) is 0 Å². The fourth-order valence-electron chi connectivity index (χ4n) is 3.12. The predicted molar refractivity (Wildman–Crippen MR) is 87.3 cm³/mol. The predicted octanol–water partition coefficient (Wildman–Crippen LogP) is 2.50. The molecule has 0 saturated heterocycles. The Bertz CT molecular complexity index is 418. The highest BCUT2D eigenvalue weighted by molar-refractivity contribution is 5.47. The van der Waals surface area contributed by atoms with Crippen LogP contribution >= 0.6 is 0 Å². The van der Waals surface area contributed by atoms with Crippen LogP contribution in [-0.2, 0) is 6.42 Å². The second kappa shape index (κ2) is 6.15. The molecule has 0 heterocycles. The van der Waals surface area contributed by atoms with E-state index in [1.165, 1.54) is 30.5 Å². The van der Waals surface area contributed by atoms with Gasteiger partial charge in [0.2, 0.25) is 0 Å². The average molecular weight is 275 g/mol. The Morgan fingerprint density at radius 1 is 1.15 bits per heavy atom. The lowest BCUT2D eigenvalue weighted by Crippen LogP contribution is -2.56. The van der Waals surface area contributed by atoms with Crippen molar-refractivity contribution in [3.63, 3.8) is 0 Å². The number of hydrogen-bond acceptors (Lipinski definition) is 3. The molecule has 1 aromatic carbocycles. The average Bonchev–Trinajstić information content (AvgIpc) is 2.33. The Hall–Kier alpha value is -1.06. The normalized spacial score (nSPS) is 18.7. The minimum absolute atomic E-state index is 0.227. The minimum Gasteiger partial charge on any atom is -0.373 e. The van der Waals surface area contributed by atoms with Crippen molar-refractivity contribution < 1.29 is 0 Å². The number of hydrogen-bond donors (Lipinski definition) is 1. The highest BCUT2D eigenvalue weighted by Gasteiger charge is 2.39. The van der Waals surface area contributed by atoms with Gasteiger partial charge in [-0.15, -0.1) is 0 Å². The molecule has 1 aliphatic rings. The molecule has 3 nitrogen and oxygen atoms in total. The minimum atomic E-state index is 0.227. The van der Waals surface area contributed by atoms with Crippen LogP contribution in [0.25, 0.3) is 0 Å². The first kappa shape index (κ1) is 15.3. The summed E-state index contributed by atoms with van der Waals surface area (Å²) < 4.78 is 0. The zero-order chi connectivity index (χ0) is 14.8. The van der Waals surface area contributed by atoms with Crippen molar-refractivity contribution in [1.29, 1.82) is 0 Å². The van der Waals surface area contributed by atoms with Crippen LogP contribution in [0.4, 0.5) is 5.69 Å². The fraction of sp³-hybridized carbons (Fsp3) is 0.647. The summed E-state index contributed by atoms with van der Waals surface area (Å²) in [5.74, 6) is 0. The van der Waals surface area contributed by atoms with E-state index in [0.29, 0.717) is 5.54 Å². The fourth-order valence-corrected chi connectivity index (χ4v) is 3.12. The second-order valence-electron chi connectivity index (χ2n) is 6.68. The van der Waals surface area contributed by atoms with E-state index in [1.54, 1.807) is 0 Å². The van der Waals surface area contributed by atoms with Gasteiger partial charge in [0, 0.05) is 30.9 Å². The van der Waals surface area contributed by atoms with Crippen LogP contribution < -0.4 is 10.6 Å². The molecule has 1 aliphatic carbocycles. The number of anilines is 1. The molecule has 20 heavy (non-hydrogen) atoms. The summed E-state index contributed by atoms with van der Waals surface area (Å²) >= 11 is 0. The lowest BCUT2D eigenvalue weighted by molar-refractivity contribution is 0.0683. The highest BCUT2D eigenvalue weighted by atomic mass is 15.2. The van der Waals surface area contributed by atoms with Crippen molar-refractivity contribution in [1.82, 2.24) is 4.90 Å². The van der Waals surface area contributed by atoms with Crippen molar-refractivity contribution in [2.45, 2.75) is 44.2 Å². The first-order valence-electron chi connectivity index (χ1n) is 7.66. The van der Waals surface area contributed by atoms with Gasteiger partial charge in [0.1, 0.15) is 0 Å². The van der Waals surface area contributed by atoms with E-state index in [2.05, 4.69) is 62.1 Å².